The summed E-state index contributed by atoms with van der Waals surface area (Å²) in [6.45, 7) is 3.59. The van der Waals surface area contributed by atoms with Crippen LogP contribution in [0.3, 0.4) is 0 Å². The first-order valence-electron chi connectivity index (χ1n) is 5.44. The molecule has 1 N–H and O–H groups in total. The van der Waals surface area contributed by atoms with E-state index < -0.39 is 11.7 Å². The third-order valence-corrected chi connectivity index (χ3v) is 3.07. The van der Waals surface area contributed by atoms with Gasteiger partial charge in [0.1, 0.15) is 5.82 Å². The zero-order valence-corrected chi connectivity index (χ0v) is 11.6. The summed E-state index contributed by atoms with van der Waals surface area (Å²) >= 11 is 11.5. The fourth-order valence-corrected chi connectivity index (χ4v) is 2.01. The Labute approximate surface area is 115 Å². The van der Waals surface area contributed by atoms with E-state index in [9.17, 15) is 9.18 Å². The number of rotatable bonds is 4. The van der Waals surface area contributed by atoms with E-state index in [1.54, 1.807) is 13.8 Å². The van der Waals surface area contributed by atoms with Gasteiger partial charge in [-0.25, -0.2) is 4.39 Å². The molecular weight excluding hydrogens is 280 g/mol. The number of benzene rings is 1. The first-order valence-corrected chi connectivity index (χ1v) is 6.20. The normalized spacial score (nSPS) is 10.8. The van der Waals surface area contributed by atoms with Crippen molar-refractivity contribution in [1.82, 2.24) is 4.90 Å². The molecule has 0 bridgehead atoms. The highest BCUT2D eigenvalue weighted by molar-refractivity contribution is 6.36. The maximum atomic E-state index is 13.4. The SMILES string of the molecule is CC(C)N(CCO)C(=O)c1cc(F)c(Cl)cc1Cl. The number of aliphatic hydroxyl groups is 1. The van der Waals surface area contributed by atoms with Gasteiger partial charge < -0.3 is 10.0 Å². The van der Waals surface area contributed by atoms with Crippen molar-refractivity contribution in [2.45, 2.75) is 19.9 Å². The second kappa shape index (κ2) is 6.36. The Morgan fingerprint density at radius 2 is 2.00 bits per heavy atom. The van der Waals surface area contributed by atoms with Crippen LogP contribution < -0.4 is 0 Å². The van der Waals surface area contributed by atoms with E-state index in [1.807, 2.05) is 0 Å². The molecule has 18 heavy (non-hydrogen) atoms. The summed E-state index contributed by atoms with van der Waals surface area (Å²) < 4.78 is 13.4. The van der Waals surface area contributed by atoms with Crippen LogP contribution in [0.2, 0.25) is 10.0 Å². The summed E-state index contributed by atoms with van der Waals surface area (Å²) in [5.74, 6) is -1.13. The number of hydrogen-bond donors (Lipinski definition) is 1. The molecule has 0 heterocycles. The molecule has 1 aromatic rings. The van der Waals surface area contributed by atoms with Gasteiger partial charge in [0.2, 0.25) is 0 Å². The van der Waals surface area contributed by atoms with E-state index in [2.05, 4.69) is 0 Å². The fraction of sp³-hybridized carbons (Fsp3) is 0.417. The van der Waals surface area contributed by atoms with Crippen molar-refractivity contribution >= 4 is 29.1 Å². The maximum absolute atomic E-state index is 13.4. The van der Waals surface area contributed by atoms with Crippen LogP contribution in [0, 0.1) is 5.82 Å². The predicted molar refractivity (Wildman–Crippen MR) is 69.7 cm³/mol. The largest absolute Gasteiger partial charge is 0.395 e. The summed E-state index contributed by atoms with van der Waals surface area (Å²) in [6, 6.07) is 2.09. The van der Waals surface area contributed by atoms with Gasteiger partial charge in [0.05, 0.1) is 22.2 Å². The van der Waals surface area contributed by atoms with Gasteiger partial charge in [0.25, 0.3) is 5.91 Å². The van der Waals surface area contributed by atoms with E-state index in [0.717, 1.165) is 6.07 Å². The van der Waals surface area contributed by atoms with E-state index in [4.69, 9.17) is 28.3 Å². The number of nitrogens with zero attached hydrogens (tertiary/aromatic N) is 1. The Morgan fingerprint density at radius 3 is 2.50 bits per heavy atom. The lowest BCUT2D eigenvalue weighted by Crippen LogP contribution is -2.39. The maximum Gasteiger partial charge on any atom is 0.255 e. The van der Waals surface area contributed by atoms with E-state index in [-0.39, 0.29) is 34.8 Å². The molecule has 0 saturated heterocycles. The summed E-state index contributed by atoms with van der Waals surface area (Å²) in [7, 11) is 0. The molecule has 1 rings (SSSR count). The molecule has 0 atom stereocenters. The van der Waals surface area contributed by atoms with Gasteiger partial charge in [-0.3, -0.25) is 4.79 Å². The topological polar surface area (TPSA) is 40.5 Å². The average molecular weight is 294 g/mol. The minimum Gasteiger partial charge on any atom is -0.395 e. The van der Waals surface area contributed by atoms with Crippen molar-refractivity contribution in [2.75, 3.05) is 13.2 Å². The van der Waals surface area contributed by atoms with Gasteiger partial charge in [0.15, 0.2) is 0 Å². The van der Waals surface area contributed by atoms with E-state index in [1.165, 1.54) is 11.0 Å². The molecule has 0 aromatic heterocycles. The smallest absolute Gasteiger partial charge is 0.255 e. The molecule has 0 spiro atoms. The van der Waals surface area contributed by atoms with Crippen molar-refractivity contribution in [1.29, 1.82) is 0 Å². The standard InChI is InChI=1S/C12H14Cl2FNO2/c1-7(2)16(3-4-17)12(18)8-5-11(15)10(14)6-9(8)13/h5-7,17H,3-4H2,1-2H3. The third-order valence-electron chi connectivity index (χ3n) is 2.47. The van der Waals surface area contributed by atoms with Crippen LogP contribution in [0.15, 0.2) is 12.1 Å². The third kappa shape index (κ3) is 3.34. The number of carbonyl (C=O) groups excluding carboxylic acids is 1. The molecule has 3 nitrogen and oxygen atoms in total. The second-order valence-electron chi connectivity index (χ2n) is 4.06. The Morgan fingerprint density at radius 1 is 1.39 bits per heavy atom. The predicted octanol–water partition coefficient (Wildman–Crippen LogP) is 2.98. The van der Waals surface area contributed by atoms with Gasteiger partial charge in [-0.1, -0.05) is 23.2 Å². The second-order valence-corrected chi connectivity index (χ2v) is 4.88. The lowest BCUT2D eigenvalue weighted by atomic mass is 10.1. The Kier molecular flexibility index (Phi) is 5.38. The molecule has 0 saturated carbocycles. The average Bonchev–Trinajstić information content (AvgIpc) is 2.29. The number of hydrogen-bond acceptors (Lipinski definition) is 2. The van der Waals surface area contributed by atoms with Crippen LogP contribution in [0.1, 0.15) is 24.2 Å². The Hall–Kier alpha value is -0.840. The molecule has 0 aliphatic carbocycles. The molecule has 100 valence electrons. The molecule has 0 aliphatic heterocycles. The van der Waals surface area contributed by atoms with Crippen molar-refractivity contribution in [3.8, 4) is 0 Å². The van der Waals surface area contributed by atoms with Crippen molar-refractivity contribution in [3.63, 3.8) is 0 Å². The number of amides is 1. The lowest BCUT2D eigenvalue weighted by Gasteiger charge is -2.26. The van der Waals surface area contributed by atoms with Crippen LogP contribution in [-0.2, 0) is 0 Å². The Bertz CT molecular complexity index is 452. The molecule has 1 amide bonds. The molecule has 0 fully saturated rings. The molecule has 0 unspecified atom stereocenters. The van der Waals surface area contributed by atoms with Crippen molar-refractivity contribution in [2.24, 2.45) is 0 Å². The molecule has 0 radical (unpaired) electrons. The van der Waals surface area contributed by atoms with Gasteiger partial charge >= 0.3 is 0 Å². The highest BCUT2D eigenvalue weighted by Gasteiger charge is 2.22. The summed E-state index contributed by atoms with van der Waals surface area (Å²) in [4.78, 5) is 13.6. The molecule has 6 heteroatoms. The lowest BCUT2D eigenvalue weighted by molar-refractivity contribution is 0.0665. The number of carbonyl (C=O) groups is 1. The van der Waals surface area contributed by atoms with E-state index in [0.29, 0.717) is 0 Å². The number of aliphatic hydroxyl groups excluding tert-OH is 1. The minimum atomic E-state index is -0.697. The van der Waals surface area contributed by atoms with Crippen molar-refractivity contribution < 1.29 is 14.3 Å². The van der Waals surface area contributed by atoms with Gasteiger partial charge in [-0.2, -0.15) is 0 Å². The molecule has 1 aromatic carbocycles. The zero-order valence-electron chi connectivity index (χ0n) is 10.1. The van der Waals surface area contributed by atoms with E-state index >= 15 is 0 Å². The van der Waals surface area contributed by atoms with Crippen LogP contribution in [-0.4, -0.2) is 35.1 Å². The first-order chi connectivity index (χ1) is 8.38. The fourth-order valence-electron chi connectivity index (χ4n) is 1.54. The highest BCUT2D eigenvalue weighted by atomic mass is 35.5. The summed E-state index contributed by atoms with van der Waals surface area (Å²) in [5.41, 5.74) is 0.0423. The minimum absolute atomic E-state index is 0.0423. The van der Waals surface area contributed by atoms with Crippen LogP contribution in [0.5, 0.6) is 0 Å². The number of halogens is 3. The van der Waals surface area contributed by atoms with Gasteiger partial charge in [-0.05, 0) is 26.0 Å². The monoisotopic (exact) mass is 293 g/mol. The van der Waals surface area contributed by atoms with Crippen LogP contribution in [0.25, 0.3) is 0 Å². The first kappa shape index (κ1) is 15.2. The van der Waals surface area contributed by atoms with Crippen LogP contribution in [0.4, 0.5) is 4.39 Å². The van der Waals surface area contributed by atoms with Crippen LogP contribution >= 0.6 is 23.2 Å². The molecule has 0 aliphatic rings. The van der Waals surface area contributed by atoms with Crippen molar-refractivity contribution in [3.05, 3.63) is 33.6 Å². The Balaban J connectivity index is 3.12. The highest BCUT2D eigenvalue weighted by Crippen LogP contribution is 2.25. The van der Waals surface area contributed by atoms with Gasteiger partial charge in [-0.15, -0.1) is 0 Å². The zero-order chi connectivity index (χ0) is 13.9. The summed E-state index contributed by atoms with van der Waals surface area (Å²) in [5, 5.41) is 8.89. The summed E-state index contributed by atoms with van der Waals surface area (Å²) in [6.07, 6.45) is 0. The van der Waals surface area contributed by atoms with Gasteiger partial charge in [0, 0.05) is 12.6 Å². The molecular formula is C12H14Cl2FNO2. The quantitative estimate of drug-likeness (QED) is 0.867.